The van der Waals surface area contributed by atoms with E-state index in [2.05, 4.69) is 288 Å². The molecule has 0 rings (SSSR count). The summed E-state index contributed by atoms with van der Waals surface area (Å²) in [5, 5.41) is 9.12. The zero-order chi connectivity index (χ0) is 86.4. The van der Waals surface area contributed by atoms with Gasteiger partial charge in [0.15, 0.2) is 0 Å². The van der Waals surface area contributed by atoms with Crippen molar-refractivity contribution in [2.24, 2.45) is 17.8 Å². The number of allylic oxidation sites excluding steroid dienone is 40. The Balaban J connectivity index is 4.36. The van der Waals surface area contributed by atoms with Crippen LogP contribution in [0.2, 0.25) is 0 Å². The molecule has 1 heteroatoms. The quantitative estimate of drug-likeness (QED) is 0.0602. The van der Waals surface area contributed by atoms with E-state index in [0.717, 1.165) is 147 Å². The first kappa shape index (κ1) is 111. The second-order valence-corrected chi connectivity index (χ2v) is 37.8. The van der Waals surface area contributed by atoms with Crippen LogP contribution in [0.3, 0.4) is 0 Å². The summed E-state index contributed by atoms with van der Waals surface area (Å²) in [4.78, 5) is 0. The predicted molar refractivity (Wildman–Crippen MR) is 532 cm³/mol. The van der Waals surface area contributed by atoms with Crippen LogP contribution in [0.5, 0.6) is 0 Å². The van der Waals surface area contributed by atoms with Gasteiger partial charge in [0.2, 0.25) is 0 Å². The lowest BCUT2D eigenvalue weighted by Gasteiger charge is -2.12. The van der Waals surface area contributed by atoms with Gasteiger partial charge in [0, 0.05) is 6.61 Å². The Morgan fingerprint density at radius 3 is 0.431 bits per heavy atom. The van der Waals surface area contributed by atoms with E-state index in [0.29, 0.717) is 12.5 Å². The molecule has 116 heavy (non-hydrogen) atoms. The van der Waals surface area contributed by atoms with Crippen molar-refractivity contribution in [2.75, 3.05) is 6.61 Å². The number of aliphatic hydroxyl groups is 1. The lowest BCUT2D eigenvalue weighted by molar-refractivity contribution is 0.259. The van der Waals surface area contributed by atoms with E-state index in [-0.39, 0.29) is 0 Å². The Labute approximate surface area is 725 Å². The fourth-order valence-corrected chi connectivity index (χ4v) is 15.1. The fraction of sp³-hybridized carbons (Fsp3) is 0.652. The Morgan fingerprint density at radius 1 is 0.155 bits per heavy atom. The third-order valence-corrected chi connectivity index (χ3v) is 24.1. The molecule has 0 aliphatic heterocycles. The molecule has 0 spiro atoms. The van der Waals surface area contributed by atoms with Crippen molar-refractivity contribution in [3.8, 4) is 0 Å². The standard InChI is InChI=1S/C115H192O/c1-93(2)47-25-48-94(3)49-26-50-95(4)51-27-52-96(5)53-28-54-97(6)55-29-56-98(7)57-30-58-99(8)59-31-60-100(9)61-32-62-101(10)63-33-64-102(11)65-34-66-103(12)67-35-68-104(13)69-36-70-105(14)71-37-72-106(15)73-38-74-107(16)75-39-76-108(17)77-40-78-109(18)79-41-80-110(19)81-42-82-111(20)83-43-84-112(21)85-44-86-113(22)87-45-88-114(23)89-46-90-115(24)91-92-116/h51,53,55,57,59,61,63,65,67,69,71,73,75,77,79,81,83,85,87,89,93-94,115-116H,25-50,52,54,56,58,60,62,64,66,68,70,72,74,76,78,80,82,84,86,88,90-92H2,1-24H3/b95-51+,96-53+,97-55+,98-57+,99-59+,100-61+,101-63+,102-65+,103-67+,104-69+,105-71+,106-73+,107-75+,108-77+,109-79+,110-81+,111-83+,112-85+,113-87+,114-89+/t94-,115-/m0/s1. The van der Waals surface area contributed by atoms with Crippen LogP contribution in [0.15, 0.2) is 233 Å². The first-order valence-electron chi connectivity index (χ1n) is 48.2. The van der Waals surface area contributed by atoms with Crippen LogP contribution < -0.4 is 0 Å². The Bertz CT molecular complexity index is 3250. The molecule has 0 unspecified atom stereocenters. The molecule has 0 heterocycles. The van der Waals surface area contributed by atoms with E-state index >= 15 is 0 Å². The zero-order valence-electron chi connectivity index (χ0n) is 81.7. The van der Waals surface area contributed by atoms with E-state index in [4.69, 9.17) is 5.11 Å². The highest BCUT2D eigenvalue weighted by Gasteiger charge is 2.07. The minimum Gasteiger partial charge on any atom is -0.396 e. The van der Waals surface area contributed by atoms with Crippen LogP contribution in [0.4, 0.5) is 0 Å². The van der Waals surface area contributed by atoms with Gasteiger partial charge in [-0.1, -0.05) is 286 Å². The average Bonchev–Trinajstić information content (AvgIpc) is 1.01. The van der Waals surface area contributed by atoms with Crippen LogP contribution in [-0.2, 0) is 0 Å². The number of hydrogen-bond donors (Lipinski definition) is 1. The van der Waals surface area contributed by atoms with Crippen molar-refractivity contribution in [3.05, 3.63) is 233 Å². The largest absolute Gasteiger partial charge is 0.396 e. The van der Waals surface area contributed by atoms with Crippen LogP contribution in [0, 0.1) is 17.8 Å². The average molecular weight is 1590 g/mol. The minimum absolute atomic E-state index is 0.308. The maximum Gasteiger partial charge on any atom is 0.0433 e. The number of rotatable bonds is 70. The molecule has 1 N–H and O–H groups in total. The molecule has 0 aromatic rings. The predicted octanol–water partition coefficient (Wildman–Crippen LogP) is 39.2. The number of hydrogen-bond acceptors (Lipinski definition) is 1. The molecule has 0 saturated carbocycles. The van der Waals surface area contributed by atoms with E-state index in [9.17, 15) is 0 Å². The Morgan fingerprint density at radius 2 is 0.284 bits per heavy atom. The van der Waals surface area contributed by atoms with Gasteiger partial charge in [0.25, 0.3) is 0 Å². The third-order valence-electron chi connectivity index (χ3n) is 24.1. The third kappa shape index (κ3) is 75.0. The topological polar surface area (TPSA) is 20.2 Å². The summed E-state index contributed by atoms with van der Waals surface area (Å²) < 4.78 is 0. The van der Waals surface area contributed by atoms with Gasteiger partial charge in [0.05, 0.1) is 0 Å². The van der Waals surface area contributed by atoms with Crippen LogP contribution in [0.1, 0.15) is 468 Å². The molecule has 0 aromatic heterocycles. The van der Waals surface area contributed by atoms with Crippen LogP contribution >= 0.6 is 0 Å². The summed E-state index contributed by atoms with van der Waals surface area (Å²) in [6.07, 6.45) is 105. The monoisotopic (exact) mass is 1590 g/mol. The van der Waals surface area contributed by atoms with E-state index in [1.165, 1.54) is 262 Å². The van der Waals surface area contributed by atoms with Gasteiger partial charge in [-0.25, -0.2) is 0 Å². The molecular formula is C115H192O. The zero-order valence-corrected chi connectivity index (χ0v) is 81.7. The Kier molecular flexibility index (Phi) is 71.4. The molecule has 0 fully saturated rings. The van der Waals surface area contributed by atoms with Gasteiger partial charge < -0.3 is 5.11 Å². The highest BCUT2D eigenvalue weighted by atomic mass is 16.3. The normalized spacial score (nSPS) is 15.7. The second kappa shape index (κ2) is 74.8. The van der Waals surface area contributed by atoms with Crippen molar-refractivity contribution in [2.45, 2.75) is 468 Å². The molecule has 0 aromatic carbocycles. The molecule has 1 nitrogen and oxygen atoms in total. The van der Waals surface area contributed by atoms with Crippen molar-refractivity contribution >= 4 is 0 Å². The molecule has 2 atom stereocenters. The van der Waals surface area contributed by atoms with E-state index in [1.54, 1.807) is 16.7 Å². The fourth-order valence-electron chi connectivity index (χ4n) is 15.1. The summed E-state index contributed by atoms with van der Waals surface area (Å²) in [6, 6.07) is 0. The summed E-state index contributed by atoms with van der Waals surface area (Å²) in [7, 11) is 0. The van der Waals surface area contributed by atoms with Gasteiger partial charge >= 0.3 is 0 Å². The van der Waals surface area contributed by atoms with Crippen molar-refractivity contribution in [3.63, 3.8) is 0 Å². The van der Waals surface area contributed by atoms with Crippen molar-refractivity contribution < 1.29 is 5.11 Å². The van der Waals surface area contributed by atoms with Crippen LogP contribution in [0.25, 0.3) is 0 Å². The van der Waals surface area contributed by atoms with Gasteiger partial charge in [-0.15, -0.1) is 0 Å². The molecule has 0 bridgehead atoms. The summed E-state index contributed by atoms with van der Waals surface area (Å²) in [6.45, 7) is 56.1. The molecule has 0 saturated heterocycles. The van der Waals surface area contributed by atoms with Crippen LogP contribution in [-0.4, -0.2) is 11.7 Å². The summed E-state index contributed by atoms with van der Waals surface area (Å²) in [5.41, 5.74) is 30.7. The van der Waals surface area contributed by atoms with E-state index < -0.39 is 0 Å². The highest BCUT2D eigenvalue weighted by molar-refractivity contribution is 5.16. The highest BCUT2D eigenvalue weighted by Crippen LogP contribution is 2.26. The lowest BCUT2D eigenvalue weighted by Crippen LogP contribution is -1.97. The molecule has 658 valence electrons. The molecular weight excluding hydrogens is 1400 g/mol. The molecule has 0 aliphatic rings. The van der Waals surface area contributed by atoms with Crippen molar-refractivity contribution in [1.29, 1.82) is 0 Å². The minimum atomic E-state index is 0.308. The second-order valence-electron chi connectivity index (χ2n) is 37.8. The summed E-state index contributed by atoms with van der Waals surface area (Å²) >= 11 is 0. The SMILES string of the molecule is C/C(=C\CC/C(C)=C/CC/C(C)=C/CC/C(C)=C/CC/C(C)=C/CC/C(C)=C/CC/C(C)=C/CC/C(C)=C/CC/C(C)=C/CC/C(C)=C/CC[C@H](C)CCO)CC/C=C(\C)CC/C=C(\C)CC/C=C(\C)CC/C=C(\C)CC/C=C(\C)CC/C=C(\C)CC/C=C(\C)CC/C=C(\C)CC/C=C(\C)CC/C=C(\C)CCC[C@@H](C)CCCC(C)C. The number of aliphatic hydroxyl groups excluding tert-OH is 1. The molecule has 0 amide bonds. The molecule has 0 radical (unpaired) electrons. The maximum atomic E-state index is 9.12. The summed E-state index contributed by atoms with van der Waals surface area (Å²) in [5.74, 6) is 2.33. The Hall–Kier alpha value is -5.24. The smallest absolute Gasteiger partial charge is 0.0433 e. The van der Waals surface area contributed by atoms with Crippen molar-refractivity contribution in [1.82, 2.24) is 0 Å². The van der Waals surface area contributed by atoms with Gasteiger partial charge in [0.1, 0.15) is 0 Å². The maximum absolute atomic E-state index is 9.12. The molecule has 0 aliphatic carbocycles. The lowest BCUT2D eigenvalue weighted by atomic mass is 9.94. The first-order chi connectivity index (χ1) is 55.4. The first-order valence-corrected chi connectivity index (χ1v) is 48.2. The van der Waals surface area contributed by atoms with E-state index in [1.807, 2.05) is 0 Å². The van der Waals surface area contributed by atoms with Gasteiger partial charge in [-0.05, 0) is 432 Å². The van der Waals surface area contributed by atoms with Gasteiger partial charge in [-0.3, -0.25) is 0 Å². The van der Waals surface area contributed by atoms with Gasteiger partial charge in [-0.2, -0.15) is 0 Å².